The Morgan fingerprint density at radius 1 is 1.36 bits per heavy atom. The highest BCUT2D eigenvalue weighted by molar-refractivity contribution is 7.16. The van der Waals surface area contributed by atoms with Gasteiger partial charge in [-0.25, -0.2) is 4.98 Å². The van der Waals surface area contributed by atoms with Crippen molar-refractivity contribution in [1.82, 2.24) is 9.38 Å². The summed E-state index contributed by atoms with van der Waals surface area (Å²) in [6.07, 6.45) is 1.86. The lowest BCUT2D eigenvalue weighted by atomic mass is 10.4. The van der Waals surface area contributed by atoms with Crippen molar-refractivity contribution in [3.63, 3.8) is 0 Å². The summed E-state index contributed by atoms with van der Waals surface area (Å²) >= 11 is 3.33. The molecule has 0 aliphatic rings. The lowest BCUT2D eigenvalue weighted by Crippen LogP contribution is -1.82. The van der Waals surface area contributed by atoms with Crippen molar-refractivity contribution in [3.05, 3.63) is 29.1 Å². The summed E-state index contributed by atoms with van der Waals surface area (Å²) in [7, 11) is 0. The van der Waals surface area contributed by atoms with Crippen molar-refractivity contribution >= 4 is 33.5 Å². The molecule has 0 spiro atoms. The van der Waals surface area contributed by atoms with Gasteiger partial charge in [-0.2, -0.15) is 0 Å². The average molecular weight is 221 g/mol. The van der Waals surface area contributed by atoms with Crippen molar-refractivity contribution in [3.8, 4) is 10.6 Å². The Bertz CT molecular complexity index is 562. The van der Waals surface area contributed by atoms with Gasteiger partial charge in [0.05, 0.1) is 16.8 Å². The highest BCUT2D eigenvalue weighted by Gasteiger charge is 2.08. The van der Waals surface area contributed by atoms with Crippen LogP contribution in [-0.4, -0.2) is 9.38 Å². The maximum atomic E-state index is 5.64. The molecule has 3 aromatic rings. The largest absolute Gasteiger partial charge is 0.382 e. The predicted octanol–water partition coefficient (Wildman–Crippen LogP) is 2.71. The van der Waals surface area contributed by atoms with E-state index in [1.165, 1.54) is 10.6 Å². The van der Waals surface area contributed by atoms with E-state index in [0.29, 0.717) is 5.82 Å². The molecular formula is C9H7N3S2. The van der Waals surface area contributed by atoms with Crippen LogP contribution in [0.2, 0.25) is 0 Å². The fourth-order valence-corrected chi connectivity index (χ4v) is 3.10. The van der Waals surface area contributed by atoms with Crippen molar-refractivity contribution in [1.29, 1.82) is 0 Å². The number of nitrogen functional groups attached to an aromatic ring is 1. The fraction of sp³-hybridized carbons (Fsp3) is 0. The fourth-order valence-electron chi connectivity index (χ4n) is 1.40. The number of imidazole rings is 1. The van der Waals surface area contributed by atoms with Crippen LogP contribution >= 0.6 is 22.7 Å². The van der Waals surface area contributed by atoms with Gasteiger partial charge in [-0.1, -0.05) is 6.07 Å². The Balaban J connectivity index is 2.31. The number of aromatic nitrogens is 2. The number of fused-ring (bicyclic) bond motifs is 1. The van der Waals surface area contributed by atoms with Crippen LogP contribution in [-0.2, 0) is 0 Å². The summed E-state index contributed by atoms with van der Waals surface area (Å²) in [5.41, 5.74) is 6.81. The molecule has 0 bridgehead atoms. The molecule has 0 fully saturated rings. The molecular weight excluding hydrogens is 214 g/mol. The zero-order valence-electron chi connectivity index (χ0n) is 7.18. The quantitative estimate of drug-likeness (QED) is 0.686. The topological polar surface area (TPSA) is 43.3 Å². The van der Waals surface area contributed by atoms with E-state index in [2.05, 4.69) is 21.8 Å². The van der Waals surface area contributed by atoms with Crippen LogP contribution in [0.3, 0.4) is 0 Å². The SMILES string of the molecule is Nc1cn2c(-c3cccs3)csc2n1. The number of hydrogen-bond acceptors (Lipinski definition) is 4. The molecule has 5 heteroatoms. The molecule has 14 heavy (non-hydrogen) atoms. The van der Waals surface area contributed by atoms with Gasteiger partial charge in [-0.15, -0.1) is 22.7 Å². The third-order valence-electron chi connectivity index (χ3n) is 2.00. The second-order valence-corrected chi connectivity index (χ2v) is 4.70. The second kappa shape index (κ2) is 2.83. The summed E-state index contributed by atoms with van der Waals surface area (Å²) in [6.45, 7) is 0. The molecule has 0 saturated heterocycles. The predicted molar refractivity (Wildman–Crippen MR) is 60.8 cm³/mol. The van der Waals surface area contributed by atoms with E-state index in [-0.39, 0.29) is 0 Å². The summed E-state index contributed by atoms with van der Waals surface area (Å²) in [4.78, 5) is 6.40. The highest BCUT2D eigenvalue weighted by Crippen LogP contribution is 2.29. The molecule has 0 aliphatic heterocycles. The van der Waals surface area contributed by atoms with Gasteiger partial charge in [0.15, 0.2) is 4.96 Å². The van der Waals surface area contributed by atoms with Crippen LogP contribution in [0.5, 0.6) is 0 Å². The number of hydrogen-bond donors (Lipinski definition) is 1. The van der Waals surface area contributed by atoms with Crippen LogP contribution in [0.15, 0.2) is 29.1 Å². The monoisotopic (exact) mass is 221 g/mol. The molecule has 0 radical (unpaired) electrons. The molecule has 2 N–H and O–H groups in total. The van der Waals surface area contributed by atoms with E-state index in [4.69, 9.17) is 5.73 Å². The summed E-state index contributed by atoms with van der Waals surface area (Å²) in [6, 6.07) is 4.14. The summed E-state index contributed by atoms with van der Waals surface area (Å²) in [5, 5.41) is 4.17. The van der Waals surface area contributed by atoms with E-state index in [1.54, 1.807) is 22.7 Å². The van der Waals surface area contributed by atoms with E-state index in [9.17, 15) is 0 Å². The van der Waals surface area contributed by atoms with E-state index in [1.807, 2.05) is 16.7 Å². The first kappa shape index (κ1) is 8.02. The van der Waals surface area contributed by atoms with E-state index < -0.39 is 0 Å². The van der Waals surface area contributed by atoms with Gasteiger partial charge >= 0.3 is 0 Å². The molecule has 0 unspecified atom stereocenters. The van der Waals surface area contributed by atoms with Crippen LogP contribution in [0, 0.1) is 0 Å². The molecule has 3 aromatic heterocycles. The normalized spacial score (nSPS) is 11.1. The van der Waals surface area contributed by atoms with Crippen LogP contribution in [0.4, 0.5) is 5.82 Å². The van der Waals surface area contributed by atoms with Crippen LogP contribution in [0.25, 0.3) is 15.5 Å². The number of thiophene rings is 1. The maximum Gasteiger partial charge on any atom is 0.196 e. The number of nitrogens with zero attached hydrogens (tertiary/aromatic N) is 2. The molecule has 0 amide bonds. The van der Waals surface area contributed by atoms with Gasteiger partial charge in [0.1, 0.15) is 5.82 Å². The van der Waals surface area contributed by atoms with Gasteiger partial charge in [-0.3, -0.25) is 4.40 Å². The lowest BCUT2D eigenvalue weighted by Gasteiger charge is -1.92. The highest BCUT2D eigenvalue weighted by atomic mass is 32.1. The van der Waals surface area contributed by atoms with Gasteiger partial charge in [0.2, 0.25) is 0 Å². The van der Waals surface area contributed by atoms with Gasteiger partial charge < -0.3 is 5.73 Å². The number of rotatable bonds is 1. The molecule has 3 heterocycles. The number of nitrogens with two attached hydrogens (primary N) is 1. The molecule has 0 saturated carbocycles. The molecule has 0 aromatic carbocycles. The van der Waals surface area contributed by atoms with Crippen molar-refractivity contribution < 1.29 is 0 Å². The standard InChI is InChI=1S/C9H7N3S2/c10-8-4-12-6(5-14-9(12)11-8)7-2-1-3-13-7/h1-5H,10H2. The molecule has 3 rings (SSSR count). The zero-order chi connectivity index (χ0) is 9.54. The third kappa shape index (κ3) is 1.06. The van der Waals surface area contributed by atoms with Gasteiger partial charge in [0.25, 0.3) is 0 Å². The minimum Gasteiger partial charge on any atom is -0.382 e. The Morgan fingerprint density at radius 2 is 2.29 bits per heavy atom. The first-order valence-corrected chi connectivity index (χ1v) is 5.86. The second-order valence-electron chi connectivity index (χ2n) is 2.92. The smallest absolute Gasteiger partial charge is 0.196 e. The number of thiazole rings is 1. The Labute approximate surface area is 88.4 Å². The molecule has 0 aliphatic carbocycles. The average Bonchev–Trinajstić information content (AvgIpc) is 2.77. The Morgan fingerprint density at radius 3 is 3.07 bits per heavy atom. The van der Waals surface area contributed by atoms with Crippen molar-refractivity contribution in [2.45, 2.75) is 0 Å². The minimum absolute atomic E-state index is 0.578. The first-order valence-electron chi connectivity index (χ1n) is 4.10. The van der Waals surface area contributed by atoms with Gasteiger partial charge in [0, 0.05) is 5.38 Å². The molecule has 70 valence electrons. The third-order valence-corrected chi connectivity index (χ3v) is 3.73. The summed E-state index contributed by atoms with van der Waals surface area (Å²) < 4.78 is 2.03. The van der Waals surface area contributed by atoms with Gasteiger partial charge in [-0.05, 0) is 11.4 Å². The van der Waals surface area contributed by atoms with Crippen molar-refractivity contribution in [2.24, 2.45) is 0 Å². The minimum atomic E-state index is 0.578. The lowest BCUT2D eigenvalue weighted by molar-refractivity contribution is 1.25. The number of anilines is 1. The first-order chi connectivity index (χ1) is 6.84. The molecule has 0 atom stereocenters. The van der Waals surface area contributed by atoms with Crippen molar-refractivity contribution in [2.75, 3.05) is 5.73 Å². The van der Waals surface area contributed by atoms with E-state index in [0.717, 1.165) is 4.96 Å². The summed E-state index contributed by atoms with van der Waals surface area (Å²) in [5.74, 6) is 0.578. The zero-order valence-corrected chi connectivity index (χ0v) is 8.81. The maximum absolute atomic E-state index is 5.64. The molecule has 3 nitrogen and oxygen atoms in total. The van der Waals surface area contributed by atoms with E-state index >= 15 is 0 Å². The Kier molecular flexibility index (Phi) is 1.62. The Hall–Kier alpha value is -1.33. The van der Waals surface area contributed by atoms with Crippen LogP contribution in [0.1, 0.15) is 0 Å². The van der Waals surface area contributed by atoms with Crippen LogP contribution < -0.4 is 5.73 Å².